The van der Waals surface area contributed by atoms with Gasteiger partial charge in [0.25, 0.3) is 36.6 Å². The van der Waals surface area contributed by atoms with Crippen LogP contribution in [-0.2, 0) is 86.0 Å². The van der Waals surface area contributed by atoms with Gasteiger partial charge in [-0.3, -0.25) is 106 Å². The lowest BCUT2D eigenvalue weighted by atomic mass is 10.1. The molecule has 2 aromatic carbocycles. The standard InChI is InChI=1S/C91H126F4N20O24/c1-106(55-79(120)100-20-3-5-35-137-68-7-9-74-72(45-68)70(15-22-98-74)87(129)103-51-82(123)114-59-90(92,93)47-66(114)49-96)64-17-25-112(53-64)81(122)13-11-76(89(131)113-26-18-65(54-113)107(2)56-80(121)101-21-4-6-36-138-69-8-10-75-73(46-69)71(16-23-99-75)88(130)104-52-83(124)115-60-91(94,95)48-67(115)50-97)105-78(119)19-37-132-39-41-134-43-44-135-42-40-133-38-24-102-77(118)12-14-84(139-63-117)111-33-31-109(58-86(127)128)28-27-108(57-85(125)126)29-30-110(32-34-111)61-136-62-116/h7-10,15-16,22-23,45-46,62-67,76,84H,3-6,11-14,17-21,24-44,47-48,51-61H2,1-2H3,(H,100,120)(H,101,121)(H,102,118)(H,103,129)(H,104,130)(H,105,119)(H,125,126)(H,127,128)/t64-,65-,66-,67+,76+,84?/m1/s1. The number of unbranched alkanes of at least 4 members (excludes halogenated alkanes) is 2. The zero-order chi connectivity index (χ0) is 100. The van der Waals surface area contributed by atoms with E-state index in [9.17, 15) is 105 Å². The van der Waals surface area contributed by atoms with Crippen LogP contribution < -0.4 is 41.4 Å². The fourth-order valence-corrected chi connectivity index (χ4v) is 16.6. The minimum absolute atomic E-state index is 0.00582. The molecule has 6 atom stereocenters. The molecule has 10 amide bonds. The lowest BCUT2D eigenvalue weighted by Gasteiger charge is -2.35. The molecular weight excluding hydrogens is 1830 g/mol. The molecule has 8 N–H and O–H groups in total. The van der Waals surface area contributed by atoms with E-state index < -0.39 is 123 Å². The molecule has 0 spiro atoms. The van der Waals surface area contributed by atoms with E-state index in [-0.39, 0.29) is 243 Å². The maximum atomic E-state index is 14.6. The van der Waals surface area contributed by atoms with Crippen LogP contribution in [0.3, 0.4) is 0 Å². The van der Waals surface area contributed by atoms with Crippen molar-refractivity contribution in [3.8, 4) is 23.6 Å². The first-order valence-corrected chi connectivity index (χ1v) is 46.4. The van der Waals surface area contributed by atoms with E-state index >= 15 is 0 Å². The Labute approximate surface area is 801 Å². The van der Waals surface area contributed by atoms with E-state index in [1.54, 1.807) is 92.0 Å². The number of hydrogen-bond acceptors (Lipinski definition) is 32. The number of aromatic nitrogens is 2. The number of carbonyl (C=O) groups excluding carboxylic acids is 12. The topological polar surface area (TPSA) is 531 Å². The summed E-state index contributed by atoms with van der Waals surface area (Å²) in [7, 11) is 3.57. The van der Waals surface area contributed by atoms with Crippen LogP contribution in [0.2, 0.25) is 0 Å². The molecule has 0 bridgehead atoms. The average Bonchev–Trinajstić information content (AvgIpc) is 1.68. The summed E-state index contributed by atoms with van der Waals surface area (Å²) in [6.45, 7) is 2.67. The number of nitrogens with zero attached hydrogens (tertiary/aromatic N) is 14. The average molecular weight is 1960 g/mol. The van der Waals surface area contributed by atoms with Gasteiger partial charge in [-0.2, -0.15) is 10.5 Å². The van der Waals surface area contributed by atoms with Crippen molar-refractivity contribution in [3.63, 3.8) is 0 Å². The number of carboxylic acid groups (broad SMARTS) is 2. The fourth-order valence-electron chi connectivity index (χ4n) is 16.6. The Morgan fingerprint density at radius 2 is 0.971 bits per heavy atom. The van der Waals surface area contributed by atoms with Crippen molar-refractivity contribution in [2.24, 2.45) is 0 Å². The number of ether oxygens (including phenoxy) is 8. The van der Waals surface area contributed by atoms with Gasteiger partial charge in [0.1, 0.15) is 36.4 Å². The summed E-state index contributed by atoms with van der Waals surface area (Å²) in [5, 5.41) is 55.0. The maximum absolute atomic E-state index is 14.6. The van der Waals surface area contributed by atoms with E-state index in [1.807, 2.05) is 9.80 Å². The number of rotatable bonds is 57. The number of likely N-dealkylation sites (tertiary alicyclic amines) is 4. The largest absolute Gasteiger partial charge is 0.494 e. The summed E-state index contributed by atoms with van der Waals surface area (Å²) in [4.78, 5) is 204. The Hall–Kier alpha value is -12.3. The highest BCUT2D eigenvalue weighted by molar-refractivity contribution is 6.08. The van der Waals surface area contributed by atoms with Crippen molar-refractivity contribution in [3.05, 3.63) is 72.1 Å². The Morgan fingerprint density at radius 1 is 0.511 bits per heavy atom. The van der Waals surface area contributed by atoms with Crippen molar-refractivity contribution >= 4 is 106 Å². The number of likely N-dealkylation sites (N-methyl/N-ethyl adjacent to an activating group) is 2. The molecule has 4 aromatic rings. The fraction of sp³-hybridized carbons (Fsp3) is 0.626. The van der Waals surface area contributed by atoms with Crippen LogP contribution in [0.4, 0.5) is 17.6 Å². The molecule has 7 heterocycles. The van der Waals surface area contributed by atoms with Crippen molar-refractivity contribution < 1.29 is 133 Å². The molecule has 9 rings (SSSR count). The Morgan fingerprint density at radius 3 is 1.46 bits per heavy atom. The molecule has 44 nitrogen and oxygen atoms in total. The smallest absolute Gasteiger partial charge is 0.317 e. The van der Waals surface area contributed by atoms with Gasteiger partial charge in [-0.1, -0.05) is 0 Å². The summed E-state index contributed by atoms with van der Waals surface area (Å²) < 4.78 is 101. The van der Waals surface area contributed by atoms with Gasteiger partial charge in [-0.25, -0.2) is 17.6 Å². The van der Waals surface area contributed by atoms with Gasteiger partial charge in [0.2, 0.25) is 47.3 Å². The van der Waals surface area contributed by atoms with Gasteiger partial charge in [0.15, 0.2) is 6.23 Å². The first kappa shape index (κ1) is 110. The van der Waals surface area contributed by atoms with Gasteiger partial charge >= 0.3 is 11.9 Å². The summed E-state index contributed by atoms with van der Waals surface area (Å²) in [6, 6.07) is 12.1. The number of nitriles is 2. The highest BCUT2D eigenvalue weighted by Gasteiger charge is 2.49. The number of alkyl halides is 4. The van der Waals surface area contributed by atoms with Crippen molar-refractivity contribution in [2.45, 2.75) is 132 Å². The third-order valence-electron chi connectivity index (χ3n) is 24.1. The summed E-state index contributed by atoms with van der Waals surface area (Å²) >= 11 is 0. The molecule has 139 heavy (non-hydrogen) atoms. The Kier molecular flexibility index (Phi) is 45.5. The molecule has 762 valence electrons. The maximum Gasteiger partial charge on any atom is 0.317 e. The monoisotopic (exact) mass is 1960 g/mol. The molecule has 2 aromatic heterocycles. The minimum Gasteiger partial charge on any atom is -0.494 e. The lowest BCUT2D eigenvalue weighted by Crippen LogP contribution is -2.50. The van der Waals surface area contributed by atoms with Crippen LogP contribution in [0.25, 0.3) is 21.8 Å². The zero-order valence-electron chi connectivity index (χ0n) is 78.3. The number of halogens is 4. The SMILES string of the molecule is CN(CC(=O)NCCCCOc1ccc2nccc(C(=O)NCC(=O)N3CC(F)(F)C[C@@H]3C#N)c2c1)[C@@H]1CCN(C(=O)CC[C@H](NC(=O)CCOCCOCCOCCOCCNC(=O)CCC(OC=O)N2CCN(COC=O)CCN(CC(=O)O)CCN(CC(=O)O)CC2)C(=O)N2CC[C@@H](N(C)CC(=O)NCCCCOc3ccc4nccc(C(=O)NCC(=O)N5CC(F)(F)C[C@H]5C#N)c4c3)C2)C1. The van der Waals surface area contributed by atoms with Crippen LogP contribution in [-0.4, -0.2) is 439 Å². The van der Waals surface area contributed by atoms with Crippen LogP contribution in [0.5, 0.6) is 11.5 Å². The summed E-state index contributed by atoms with van der Waals surface area (Å²) in [6.07, 6.45) is 3.39. The second-order valence-corrected chi connectivity index (χ2v) is 34.4. The van der Waals surface area contributed by atoms with E-state index in [0.29, 0.717) is 118 Å². The number of fused-ring (bicyclic) bond motifs is 2. The van der Waals surface area contributed by atoms with Gasteiger partial charge in [-0.05, 0) is 108 Å². The molecule has 0 aliphatic carbocycles. The summed E-state index contributed by atoms with van der Waals surface area (Å²) in [5.74, 6) is -12.7. The predicted octanol–water partition coefficient (Wildman–Crippen LogP) is -0.284. The minimum atomic E-state index is -3.22. The third kappa shape index (κ3) is 37.4. The molecular formula is C91H126F4N20O24. The van der Waals surface area contributed by atoms with Crippen molar-refractivity contribution in [1.82, 2.24) is 90.9 Å². The molecule has 5 fully saturated rings. The van der Waals surface area contributed by atoms with Crippen LogP contribution in [0.15, 0.2) is 60.9 Å². The molecule has 1 unspecified atom stereocenters. The van der Waals surface area contributed by atoms with E-state index in [1.165, 1.54) is 24.5 Å². The number of carboxylic acids is 2. The van der Waals surface area contributed by atoms with Gasteiger partial charge in [-0.15, -0.1) is 0 Å². The molecule has 5 aliphatic rings. The predicted molar refractivity (Wildman–Crippen MR) is 486 cm³/mol. The normalized spacial score (nSPS) is 18.6. The quantitative estimate of drug-likeness (QED) is 0.0160. The molecule has 0 saturated carbocycles. The van der Waals surface area contributed by atoms with Crippen molar-refractivity contribution in [1.29, 1.82) is 10.5 Å². The summed E-state index contributed by atoms with van der Waals surface area (Å²) in [5.41, 5.74) is 1.22. The molecule has 5 saturated heterocycles. The number of aliphatic carboxylic acids is 2. The highest BCUT2D eigenvalue weighted by Crippen LogP contribution is 2.34. The zero-order valence-corrected chi connectivity index (χ0v) is 78.3. The van der Waals surface area contributed by atoms with Crippen LogP contribution in [0.1, 0.15) is 104 Å². The highest BCUT2D eigenvalue weighted by atomic mass is 19.3. The number of benzene rings is 2. The van der Waals surface area contributed by atoms with Crippen LogP contribution >= 0.6 is 0 Å². The second-order valence-electron chi connectivity index (χ2n) is 34.4. The van der Waals surface area contributed by atoms with E-state index in [0.717, 1.165) is 9.80 Å². The number of nitrogens with one attached hydrogen (secondary N) is 6. The molecule has 5 aliphatic heterocycles. The Bertz CT molecular complexity index is 4870. The Balaban J connectivity index is 0.670. The number of pyridine rings is 2. The lowest BCUT2D eigenvalue weighted by molar-refractivity contribution is -0.147. The number of hydrogen-bond donors (Lipinski definition) is 8. The first-order valence-electron chi connectivity index (χ1n) is 46.4. The molecule has 48 heteroatoms. The number of carbonyl (C=O) groups is 14. The van der Waals surface area contributed by atoms with E-state index in [4.69, 9.17) is 37.9 Å². The van der Waals surface area contributed by atoms with Gasteiger partial charge in [0, 0.05) is 172 Å². The van der Waals surface area contributed by atoms with Crippen molar-refractivity contribution in [2.75, 3.05) is 237 Å². The second kappa shape index (κ2) is 57.3. The molecule has 0 radical (unpaired) electrons. The van der Waals surface area contributed by atoms with Gasteiger partial charge < -0.3 is 99.6 Å². The van der Waals surface area contributed by atoms with Crippen LogP contribution in [0, 0.1) is 22.7 Å². The number of amides is 10. The van der Waals surface area contributed by atoms with Gasteiger partial charge in [0.05, 0.1) is 153 Å². The van der Waals surface area contributed by atoms with E-state index in [2.05, 4.69) is 41.9 Å². The first-order chi connectivity index (χ1) is 66.8. The third-order valence-corrected chi connectivity index (χ3v) is 24.1.